The first-order valence-electron chi connectivity index (χ1n) is 9.15. The number of hydrogen-bond acceptors (Lipinski definition) is 5. The van der Waals surface area contributed by atoms with Crippen LogP contribution in [-0.2, 0) is 0 Å². The van der Waals surface area contributed by atoms with E-state index < -0.39 is 0 Å². The van der Waals surface area contributed by atoms with E-state index in [1.807, 2.05) is 22.4 Å². The minimum absolute atomic E-state index is 0.0233. The Morgan fingerprint density at radius 2 is 1.86 bits per heavy atom. The summed E-state index contributed by atoms with van der Waals surface area (Å²) in [6, 6.07) is 14.1. The lowest BCUT2D eigenvalue weighted by molar-refractivity contribution is 0.0599. The summed E-state index contributed by atoms with van der Waals surface area (Å²) in [6.45, 7) is 2.85. The summed E-state index contributed by atoms with van der Waals surface area (Å²) in [7, 11) is 0. The SMILES string of the molecule is Nc1cncc(C(=O)N2CCN(C(c3ccccc3)c3sccc3Cl)CC2)c1. The number of nitrogens with zero attached hydrogens (tertiary/aromatic N) is 3. The number of nitrogens with two attached hydrogens (primary N) is 1. The molecule has 4 rings (SSSR count). The monoisotopic (exact) mass is 412 g/mol. The average molecular weight is 413 g/mol. The van der Waals surface area contributed by atoms with Crippen LogP contribution in [0.25, 0.3) is 0 Å². The zero-order valence-corrected chi connectivity index (χ0v) is 16.9. The smallest absolute Gasteiger partial charge is 0.255 e. The van der Waals surface area contributed by atoms with E-state index >= 15 is 0 Å². The van der Waals surface area contributed by atoms with Gasteiger partial charge < -0.3 is 10.6 Å². The number of thiophene rings is 1. The highest BCUT2D eigenvalue weighted by molar-refractivity contribution is 7.10. The number of hydrogen-bond donors (Lipinski definition) is 1. The first-order chi connectivity index (χ1) is 13.6. The quantitative estimate of drug-likeness (QED) is 0.705. The summed E-state index contributed by atoms with van der Waals surface area (Å²) in [5.74, 6) is -0.0233. The molecule has 28 heavy (non-hydrogen) atoms. The molecule has 1 unspecified atom stereocenters. The van der Waals surface area contributed by atoms with Crippen molar-refractivity contribution in [1.82, 2.24) is 14.8 Å². The molecule has 5 nitrogen and oxygen atoms in total. The van der Waals surface area contributed by atoms with Gasteiger partial charge in [0.15, 0.2) is 0 Å². The minimum Gasteiger partial charge on any atom is -0.397 e. The number of anilines is 1. The lowest BCUT2D eigenvalue weighted by atomic mass is 10.0. The molecule has 1 fully saturated rings. The normalized spacial score (nSPS) is 16.1. The highest BCUT2D eigenvalue weighted by Crippen LogP contribution is 2.37. The Balaban J connectivity index is 1.52. The Morgan fingerprint density at radius 3 is 2.50 bits per heavy atom. The van der Waals surface area contributed by atoms with Crippen LogP contribution in [0, 0.1) is 0 Å². The molecule has 1 amide bonds. The highest BCUT2D eigenvalue weighted by Gasteiger charge is 2.30. The van der Waals surface area contributed by atoms with Gasteiger partial charge in [0.1, 0.15) is 0 Å². The van der Waals surface area contributed by atoms with Crippen LogP contribution in [0.3, 0.4) is 0 Å². The molecule has 0 aliphatic carbocycles. The predicted octanol–water partition coefficient (Wildman–Crippen LogP) is 3.93. The van der Waals surface area contributed by atoms with Crippen molar-refractivity contribution in [3.63, 3.8) is 0 Å². The standard InChI is InChI=1S/C21H21ClN4OS/c22-18-6-11-28-20(18)19(15-4-2-1-3-5-15)25-7-9-26(10-8-25)21(27)16-12-17(23)14-24-13-16/h1-6,11-14,19H,7-10,23H2. The van der Waals surface area contributed by atoms with Gasteiger partial charge in [-0.3, -0.25) is 14.7 Å². The highest BCUT2D eigenvalue weighted by atomic mass is 35.5. The van der Waals surface area contributed by atoms with E-state index in [1.165, 1.54) is 5.56 Å². The van der Waals surface area contributed by atoms with Crippen LogP contribution in [0.4, 0.5) is 5.69 Å². The third-order valence-electron chi connectivity index (χ3n) is 4.98. The lowest BCUT2D eigenvalue weighted by Gasteiger charge is -2.39. The zero-order valence-electron chi connectivity index (χ0n) is 15.3. The van der Waals surface area contributed by atoms with Crippen LogP contribution in [0.1, 0.15) is 26.8 Å². The fraction of sp³-hybridized carbons (Fsp3) is 0.238. The predicted molar refractivity (Wildman–Crippen MR) is 114 cm³/mol. The number of carbonyl (C=O) groups is 1. The maximum absolute atomic E-state index is 12.8. The Labute approximate surface area is 173 Å². The van der Waals surface area contributed by atoms with E-state index in [4.69, 9.17) is 17.3 Å². The van der Waals surface area contributed by atoms with Crippen LogP contribution in [0.15, 0.2) is 60.2 Å². The number of aromatic nitrogens is 1. The molecule has 1 saturated heterocycles. The molecule has 144 valence electrons. The van der Waals surface area contributed by atoms with Crippen molar-refractivity contribution in [2.75, 3.05) is 31.9 Å². The average Bonchev–Trinajstić information content (AvgIpc) is 3.14. The van der Waals surface area contributed by atoms with Gasteiger partial charge in [-0.05, 0) is 23.1 Å². The van der Waals surface area contributed by atoms with Gasteiger partial charge in [0.25, 0.3) is 5.91 Å². The van der Waals surface area contributed by atoms with Crippen LogP contribution in [-0.4, -0.2) is 46.9 Å². The molecule has 2 N–H and O–H groups in total. The number of carbonyl (C=O) groups excluding carboxylic acids is 1. The molecular formula is C21H21ClN4OS. The third-order valence-corrected chi connectivity index (χ3v) is 6.39. The van der Waals surface area contributed by atoms with E-state index in [2.05, 4.69) is 34.1 Å². The van der Waals surface area contributed by atoms with Crippen LogP contribution in [0.2, 0.25) is 5.02 Å². The topological polar surface area (TPSA) is 62.5 Å². The van der Waals surface area contributed by atoms with Crippen LogP contribution >= 0.6 is 22.9 Å². The first-order valence-corrected chi connectivity index (χ1v) is 10.4. The Hall–Kier alpha value is -2.41. The molecule has 2 aromatic heterocycles. The maximum Gasteiger partial charge on any atom is 0.255 e. The number of nitrogen functional groups attached to an aromatic ring is 1. The minimum atomic E-state index is -0.0233. The van der Waals surface area contributed by atoms with Crippen molar-refractivity contribution < 1.29 is 4.79 Å². The number of halogens is 1. The second-order valence-corrected chi connectivity index (χ2v) is 8.14. The molecule has 1 aliphatic rings. The van der Waals surface area contributed by atoms with Crippen molar-refractivity contribution in [2.45, 2.75) is 6.04 Å². The molecule has 0 bridgehead atoms. The molecule has 0 radical (unpaired) electrons. The van der Waals surface area contributed by atoms with Crippen molar-refractivity contribution in [1.29, 1.82) is 0 Å². The van der Waals surface area contributed by atoms with Gasteiger partial charge in [-0.2, -0.15) is 0 Å². The molecular weight excluding hydrogens is 392 g/mol. The number of benzene rings is 1. The van der Waals surface area contributed by atoms with Gasteiger partial charge in [0.05, 0.1) is 22.3 Å². The molecule has 7 heteroatoms. The summed E-state index contributed by atoms with van der Waals surface area (Å²) in [5.41, 5.74) is 8.02. The summed E-state index contributed by atoms with van der Waals surface area (Å²) in [6.07, 6.45) is 3.12. The van der Waals surface area contributed by atoms with Gasteiger partial charge in [0, 0.05) is 43.4 Å². The van der Waals surface area contributed by atoms with E-state index in [1.54, 1.807) is 29.8 Å². The maximum atomic E-state index is 12.8. The van der Waals surface area contributed by atoms with E-state index in [0.29, 0.717) is 24.3 Å². The molecule has 0 spiro atoms. The second kappa shape index (κ2) is 8.31. The summed E-state index contributed by atoms with van der Waals surface area (Å²) >= 11 is 8.15. The van der Waals surface area contributed by atoms with Crippen molar-refractivity contribution in [3.05, 3.63) is 81.3 Å². The molecule has 0 saturated carbocycles. The number of rotatable bonds is 4. The largest absolute Gasteiger partial charge is 0.397 e. The Kier molecular flexibility index (Phi) is 5.62. The molecule has 3 aromatic rings. The summed E-state index contributed by atoms with van der Waals surface area (Å²) in [4.78, 5) is 22.2. The van der Waals surface area contributed by atoms with Gasteiger partial charge in [-0.25, -0.2) is 0 Å². The van der Waals surface area contributed by atoms with Crippen LogP contribution in [0.5, 0.6) is 0 Å². The van der Waals surface area contributed by atoms with Gasteiger partial charge in [-0.1, -0.05) is 41.9 Å². The van der Waals surface area contributed by atoms with Crippen molar-refractivity contribution in [2.24, 2.45) is 0 Å². The second-order valence-electron chi connectivity index (χ2n) is 6.78. The number of pyridine rings is 1. The van der Waals surface area contributed by atoms with E-state index in [-0.39, 0.29) is 11.9 Å². The van der Waals surface area contributed by atoms with Gasteiger partial charge in [0.2, 0.25) is 0 Å². The number of piperazine rings is 1. The van der Waals surface area contributed by atoms with Crippen molar-refractivity contribution in [3.8, 4) is 0 Å². The van der Waals surface area contributed by atoms with E-state index in [0.717, 1.165) is 23.0 Å². The van der Waals surface area contributed by atoms with Gasteiger partial charge >= 0.3 is 0 Å². The molecule has 1 aromatic carbocycles. The van der Waals surface area contributed by atoms with Gasteiger partial charge in [-0.15, -0.1) is 11.3 Å². The molecule has 3 heterocycles. The fourth-order valence-corrected chi connectivity index (χ4v) is 4.92. The van der Waals surface area contributed by atoms with E-state index in [9.17, 15) is 4.79 Å². The molecule has 1 atom stereocenters. The first kappa shape index (κ1) is 18.9. The zero-order chi connectivity index (χ0) is 19.5. The van der Waals surface area contributed by atoms with Crippen molar-refractivity contribution >= 4 is 34.5 Å². The lowest BCUT2D eigenvalue weighted by Crippen LogP contribution is -2.49. The summed E-state index contributed by atoms with van der Waals surface area (Å²) < 4.78 is 0. The molecule has 1 aliphatic heterocycles. The number of amides is 1. The third kappa shape index (κ3) is 3.90. The van der Waals surface area contributed by atoms with Crippen LogP contribution < -0.4 is 5.73 Å². The fourth-order valence-electron chi connectivity index (χ4n) is 3.60. The Morgan fingerprint density at radius 1 is 1.11 bits per heavy atom. The Bertz CT molecular complexity index is 954. The summed E-state index contributed by atoms with van der Waals surface area (Å²) in [5, 5.41) is 2.82.